The highest BCUT2D eigenvalue weighted by Crippen LogP contribution is 2.32. The van der Waals surface area contributed by atoms with Gasteiger partial charge >= 0.3 is 0 Å². The lowest BCUT2D eigenvalue weighted by Gasteiger charge is -2.23. The number of hydrogen-bond donors (Lipinski definition) is 1. The van der Waals surface area contributed by atoms with Crippen LogP contribution in [0.3, 0.4) is 0 Å². The second-order valence-electron chi connectivity index (χ2n) is 5.35. The molecule has 5 nitrogen and oxygen atoms in total. The lowest BCUT2D eigenvalue weighted by molar-refractivity contribution is -0.183. The first-order valence-electron chi connectivity index (χ1n) is 7.29. The van der Waals surface area contributed by atoms with Crippen LogP contribution in [0.1, 0.15) is 35.6 Å². The molecule has 1 atom stereocenters. The van der Waals surface area contributed by atoms with Crippen molar-refractivity contribution in [2.75, 3.05) is 18.5 Å². The molecule has 0 aliphatic carbocycles. The summed E-state index contributed by atoms with van der Waals surface area (Å²) in [5, 5.41) is 3.41. The Labute approximate surface area is 123 Å². The number of hydrogen-bond acceptors (Lipinski definition) is 5. The molecule has 0 spiro atoms. The zero-order valence-corrected chi connectivity index (χ0v) is 11.7. The Hall–Kier alpha value is -1.98. The summed E-state index contributed by atoms with van der Waals surface area (Å²) in [5.41, 5.74) is 3.34. The minimum atomic E-state index is -0.218. The van der Waals surface area contributed by atoms with Gasteiger partial charge in [-0.2, -0.15) is 0 Å². The number of benzene rings is 1. The van der Waals surface area contributed by atoms with Gasteiger partial charge in [0, 0.05) is 24.4 Å². The third-order valence-corrected chi connectivity index (χ3v) is 3.92. The van der Waals surface area contributed by atoms with Crippen molar-refractivity contribution >= 4 is 5.82 Å². The fraction of sp³-hybridized carbons (Fsp3) is 0.375. The van der Waals surface area contributed by atoms with Gasteiger partial charge in [-0.05, 0) is 12.0 Å². The molecule has 108 valence electrons. The summed E-state index contributed by atoms with van der Waals surface area (Å²) in [6, 6.07) is 8.65. The normalized spacial score (nSPS) is 21.8. The van der Waals surface area contributed by atoms with Crippen LogP contribution in [0.5, 0.6) is 0 Å². The van der Waals surface area contributed by atoms with Crippen LogP contribution in [0.15, 0.2) is 36.7 Å². The molecule has 1 unspecified atom stereocenters. The standard InChI is InChI=1S/C16H17N3O2/c1-8-20-16(21-9-1)12-4-2-11(3-5-12)13-10-14-15(19-13)18-7-6-17-14/h2-7,13,16H,1,8-10H2,(H,18,19). The van der Waals surface area contributed by atoms with Gasteiger partial charge in [0.15, 0.2) is 6.29 Å². The Bertz CT molecular complexity index is 599. The summed E-state index contributed by atoms with van der Waals surface area (Å²) in [5.74, 6) is 0.894. The maximum Gasteiger partial charge on any atom is 0.183 e. The van der Waals surface area contributed by atoms with Crippen molar-refractivity contribution in [2.45, 2.75) is 25.2 Å². The SMILES string of the molecule is c1cnc2c(n1)CC(c1ccc(C3OCCCO3)cc1)N2. The minimum absolute atomic E-state index is 0.218. The molecule has 2 aliphatic rings. The average Bonchev–Trinajstić information content (AvgIpc) is 3.00. The maximum atomic E-state index is 5.62. The molecule has 0 saturated carbocycles. The van der Waals surface area contributed by atoms with Crippen molar-refractivity contribution in [3.8, 4) is 0 Å². The van der Waals surface area contributed by atoms with Crippen LogP contribution in [0, 0.1) is 0 Å². The molecule has 2 aliphatic heterocycles. The van der Waals surface area contributed by atoms with E-state index >= 15 is 0 Å². The lowest BCUT2D eigenvalue weighted by atomic mass is 10.0. The molecule has 3 heterocycles. The average molecular weight is 283 g/mol. The Kier molecular flexibility index (Phi) is 3.29. The van der Waals surface area contributed by atoms with Gasteiger partial charge in [-0.3, -0.25) is 4.98 Å². The molecule has 21 heavy (non-hydrogen) atoms. The molecular weight excluding hydrogens is 266 g/mol. The second-order valence-corrected chi connectivity index (χ2v) is 5.35. The first kappa shape index (κ1) is 12.7. The van der Waals surface area contributed by atoms with E-state index in [0.717, 1.165) is 43.1 Å². The predicted molar refractivity (Wildman–Crippen MR) is 77.8 cm³/mol. The molecule has 1 saturated heterocycles. The molecular formula is C16H17N3O2. The van der Waals surface area contributed by atoms with Crippen LogP contribution in [-0.4, -0.2) is 23.2 Å². The van der Waals surface area contributed by atoms with Gasteiger partial charge in [0.2, 0.25) is 0 Å². The molecule has 1 fully saturated rings. The molecule has 1 aromatic heterocycles. The van der Waals surface area contributed by atoms with E-state index in [1.54, 1.807) is 12.4 Å². The number of aromatic nitrogens is 2. The fourth-order valence-electron chi connectivity index (χ4n) is 2.81. The summed E-state index contributed by atoms with van der Waals surface area (Å²) in [7, 11) is 0. The molecule has 1 aromatic carbocycles. The number of anilines is 1. The first-order valence-corrected chi connectivity index (χ1v) is 7.29. The summed E-state index contributed by atoms with van der Waals surface area (Å²) in [6.07, 6.45) is 5.08. The fourth-order valence-corrected chi connectivity index (χ4v) is 2.81. The summed E-state index contributed by atoms with van der Waals surface area (Å²) in [4.78, 5) is 8.67. The van der Waals surface area contributed by atoms with E-state index in [4.69, 9.17) is 9.47 Å². The number of nitrogens with one attached hydrogen (secondary N) is 1. The van der Waals surface area contributed by atoms with Crippen molar-refractivity contribution in [3.63, 3.8) is 0 Å². The summed E-state index contributed by atoms with van der Waals surface area (Å²) in [6.45, 7) is 1.53. The molecule has 0 amide bonds. The molecule has 1 N–H and O–H groups in total. The number of nitrogens with zero attached hydrogens (tertiary/aromatic N) is 2. The number of fused-ring (bicyclic) bond motifs is 1. The third-order valence-electron chi connectivity index (χ3n) is 3.92. The smallest absolute Gasteiger partial charge is 0.183 e. The lowest BCUT2D eigenvalue weighted by Crippen LogP contribution is -2.17. The third kappa shape index (κ3) is 2.50. The van der Waals surface area contributed by atoms with Crippen LogP contribution in [0.2, 0.25) is 0 Å². The maximum absolute atomic E-state index is 5.62. The summed E-state index contributed by atoms with van der Waals surface area (Å²) < 4.78 is 11.2. The van der Waals surface area contributed by atoms with Gasteiger partial charge < -0.3 is 14.8 Å². The highest BCUT2D eigenvalue weighted by atomic mass is 16.7. The van der Waals surface area contributed by atoms with E-state index in [-0.39, 0.29) is 12.3 Å². The largest absolute Gasteiger partial charge is 0.361 e. The number of ether oxygens (including phenoxy) is 2. The molecule has 5 heteroatoms. The van der Waals surface area contributed by atoms with E-state index in [1.165, 1.54) is 5.56 Å². The van der Waals surface area contributed by atoms with E-state index in [0.29, 0.717) is 0 Å². The van der Waals surface area contributed by atoms with Crippen molar-refractivity contribution in [2.24, 2.45) is 0 Å². The topological polar surface area (TPSA) is 56.3 Å². The highest BCUT2D eigenvalue weighted by Gasteiger charge is 2.24. The minimum Gasteiger partial charge on any atom is -0.361 e. The van der Waals surface area contributed by atoms with E-state index < -0.39 is 0 Å². The Balaban J connectivity index is 1.50. The van der Waals surface area contributed by atoms with Crippen LogP contribution in [0.25, 0.3) is 0 Å². The van der Waals surface area contributed by atoms with Crippen LogP contribution in [0.4, 0.5) is 5.82 Å². The van der Waals surface area contributed by atoms with Gasteiger partial charge in [-0.1, -0.05) is 24.3 Å². The molecule has 0 radical (unpaired) electrons. The monoisotopic (exact) mass is 283 g/mol. The highest BCUT2D eigenvalue weighted by molar-refractivity contribution is 5.49. The zero-order valence-electron chi connectivity index (χ0n) is 11.7. The Morgan fingerprint density at radius 3 is 2.43 bits per heavy atom. The Morgan fingerprint density at radius 2 is 1.67 bits per heavy atom. The van der Waals surface area contributed by atoms with Crippen molar-refractivity contribution in [1.82, 2.24) is 9.97 Å². The van der Waals surface area contributed by atoms with Gasteiger partial charge in [0.25, 0.3) is 0 Å². The van der Waals surface area contributed by atoms with Gasteiger partial charge in [-0.15, -0.1) is 0 Å². The molecule has 2 aromatic rings. The van der Waals surface area contributed by atoms with Crippen LogP contribution in [-0.2, 0) is 15.9 Å². The first-order chi connectivity index (χ1) is 10.4. The van der Waals surface area contributed by atoms with E-state index in [1.807, 2.05) is 0 Å². The molecule has 4 rings (SSSR count). The van der Waals surface area contributed by atoms with Gasteiger partial charge in [-0.25, -0.2) is 4.98 Å². The zero-order chi connectivity index (χ0) is 14.1. The predicted octanol–water partition coefficient (Wildman–Crippen LogP) is 2.62. The van der Waals surface area contributed by atoms with Crippen molar-refractivity contribution in [3.05, 3.63) is 53.5 Å². The quantitative estimate of drug-likeness (QED) is 0.918. The van der Waals surface area contributed by atoms with Crippen LogP contribution < -0.4 is 5.32 Å². The van der Waals surface area contributed by atoms with E-state index in [2.05, 4.69) is 39.6 Å². The van der Waals surface area contributed by atoms with Gasteiger partial charge in [0.05, 0.1) is 24.9 Å². The summed E-state index contributed by atoms with van der Waals surface area (Å²) >= 11 is 0. The molecule has 0 bridgehead atoms. The second kappa shape index (κ2) is 5.42. The van der Waals surface area contributed by atoms with E-state index in [9.17, 15) is 0 Å². The van der Waals surface area contributed by atoms with Gasteiger partial charge in [0.1, 0.15) is 5.82 Å². The van der Waals surface area contributed by atoms with Crippen LogP contribution >= 0.6 is 0 Å². The Morgan fingerprint density at radius 1 is 0.952 bits per heavy atom. The van der Waals surface area contributed by atoms with Crippen molar-refractivity contribution in [1.29, 1.82) is 0 Å². The van der Waals surface area contributed by atoms with Crippen molar-refractivity contribution < 1.29 is 9.47 Å². The number of rotatable bonds is 2.